The second-order valence-corrected chi connectivity index (χ2v) is 5.54. The molecule has 0 saturated carbocycles. The number of fused-ring (bicyclic) bond motifs is 1. The number of amides is 1. The zero-order chi connectivity index (χ0) is 16.9. The molecule has 24 heavy (non-hydrogen) atoms. The van der Waals surface area contributed by atoms with Gasteiger partial charge in [0.25, 0.3) is 5.91 Å². The predicted molar refractivity (Wildman–Crippen MR) is 88.8 cm³/mol. The summed E-state index contributed by atoms with van der Waals surface area (Å²) in [6.07, 6.45) is 0.696. The Morgan fingerprint density at radius 3 is 2.67 bits per heavy atom. The molecule has 5 heteroatoms. The van der Waals surface area contributed by atoms with Crippen LogP contribution in [0.3, 0.4) is 0 Å². The molecule has 1 amide bonds. The maximum Gasteiger partial charge on any atom is 0.255 e. The highest BCUT2D eigenvalue weighted by atomic mass is 16.5. The number of carbonyl (C=O) groups is 1. The molecule has 1 aliphatic rings. The smallest absolute Gasteiger partial charge is 0.255 e. The molecule has 122 valence electrons. The standard InChI is InChI=1S/C19H18N2O3/c1-23-11-5-10-21-18(13-20)17-12-15(8-9-16(17)19(21)22)24-14-6-3-2-4-7-14/h2-4,6-9,12,18H,5,10-11H2,1H3. The average molecular weight is 322 g/mol. The highest BCUT2D eigenvalue weighted by Crippen LogP contribution is 2.36. The fraction of sp³-hybridized carbons (Fsp3) is 0.263. The van der Waals surface area contributed by atoms with E-state index in [2.05, 4.69) is 6.07 Å². The highest BCUT2D eigenvalue weighted by molar-refractivity contribution is 5.99. The first kappa shape index (κ1) is 16.0. The normalized spacial score (nSPS) is 15.9. The number of carbonyl (C=O) groups excluding carboxylic acids is 1. The van der Waals surface area contributed by atoms with Crippen LogP contribution in [0, 0.1) is 11.3 Å². The van der Waals surface area contributed by atoms with Gasteiger partial charge in [0.1, 0.15) is 17.5 Å². The van der Waals surface area contributed by atoms with Crippen LogP contribution in [0.4, 0.5) is 0 Å². The Bertz CT molecular complexity index is 768. The number of para-hydroxylation sites is 1. The van der Waals surface area contributed by atoms with Crippen LogP contribution in [0.1, 0.15) is 28.4 Å². The van der Waals surface area contributed by atoms with Crippen molar-refractivity contribution in [3.05, 3.63) is 59.7 Å². The summed E-state index contributed by atoms with van der Waals surface area (Å²) < 4.78 is 10.8. The Labute approximate surface area is 141 Å². The number of methoxy groups -OCH3 is 1. The molecule has 1 aliphatic heterocycles. The van der Waals surface area contributed by atoms with Gasteiger partial charge in [-0.3, -0.25) is 4.79 Å². The maximum absolute atomic E-state index is 12.5. The lowest BCUT2D eigenvalue weighted by molar-refractivity contribution is 0.0737. The van der Waals surface area contributed by atoms with Gasteiger partial charge < -0.3 is 14.4 Å². The zero-order valence-electron chi connectivity index (χ0n) is 13.4. The summed E-state index contributed by atoms with van der Waals surface area (Å²) in [5, 5.41) is 9.52. The van der Waals surface area contributed by atoms with Gasteiger partial charge in [0, 0.05) is 31.4 Å². The van der Waals surface area contributed by atoms with E-state index in [0.29, 0.717) is 42.2 Å². The van der Waals surface area contributed by atoms with Gasteiger partial charge in [-0.1, -0.05) is 18.2 Å². The van der Waals surface area contributed by atoms with Crippen LogP contribution < -0.4 is 4.74 Å². The average Bonchev–Trinajstić information content (AvgIpc) is 2.87. The first-order chi connectivity index (χ1) is 11.7. The van der Waals surface area contributed by atoms with E-state index in [-0.39, 0.29) is 5.91 Å². The van der Waals surface area contributed by atoms with Gasteiger partial charge in [-0.15, -0.1) is 0 Å². The molecular weight excluding hydrogens is 304 g/mol. The molecule has 2 aromatic rings. The SMILES string of the molecule is COCCCN1C(=O)c2ccc(Oc3ccccc3)cc2C1C#N. The molecule has 0 aliphatic carbocycles. The van der Waals surface area contributed by atoms with E-state index in [1.54, 1.807) is 30.2 Å². The van der Waals surface area contributed by atoms with Gasteiger partial charge in [-0.05, 0) is 36.8 Å². The molecular formula is C19H18N2O3. The van der Waals surface area contributed by atoms with Gasteiger partial charge in [0.15, 0.2) is 0 Å². The van der Waals surface area contributed by atoms with Crippen molar-refractivity contribution in [1.29, 1.82) is 5.26 Å². The summed E-state index contributed by atoms with van der Waals surface area (Å²) in [5.41, 5.74) is 1.27. The van der Waals surface area contributed by atoms with Gasteiger partial charge in [0.05, 0.1) is 6.07 Å². The molecule has 3 rings (SSSR count). The van der Waals surface area contributed by atoms with Crippen molar-refractivity contribution in [3.63, 3.8) is 0 Å². The summed E-state index contributed by atoms with van der Waals surface area (Å²) in [6.45, 7) is 1.05. The van der Waals surface area contributed by atoms with E-state index in [4.69, 9.17) is 9.47 Å². The Kier molecular flexibility index (Phi) is 4.78. The number of hydrogen-bond donors (Lipinski definition) is 0. The maximum atomic E-state index is 12.5. The summed E-state index contributed by atoms with van der Waals surface area (Å²) in [4.78, 5) is 14.1. The van der Waals surface area contributed by atoms with E-state index in [1.165, 1.54) is 0 Å². The molecule has 0 aromatic heterocycles. The third-order valence-electron chi connectivity index (χ3n) is 3.97. The van der Waals surface area contributed by atoms with Crippen molar-refractivity contribution >= 4 is 5.91 Å². The first-order valence-corrected chi connectivity index (χ1v) is 7.81. The minimum absolute atomic E-state index is 0.112. The third kappa shape index (κ3) is 3.10. The molecule has 0 saturated heterocycles. The molecule has 1 unspecified atom stereocenters. The third-order valence-corrected chi connectivity index (χ3v) is 3.97. The topological polar surface area (TPSA) is 62.6 Å². The fourth-order valence-electron chi connectivity index (χ4n) is 2.84. The molecule has 0 N–H and O–H groups in total. The minimum atomic E-state index is -0.580. The van der Waals surface area contributed by atoms with Crippen LogP contribution >= 0.6 is 0 Å². The predicted octanol–water partition coefficient (Wildman–Crippen LogP) is 3.54. The zero-order valence-corrected chi connectivity index (χ0v) is 13.4. The van der Waals surface area contributed by atoms with Crippen molar-refractivity contribution in [2.75, 3.05) is 20.3 Å². The van der Waals surface area contributed by atoms with Crippen LogP contribution in [0.15, 0.2) is 48.5 Å². The van der Waals surface area contributed by atoms with E-state index >= 15 is 0 Å². The molecule has 1 atom stereocenters. The van der Waals surface area contributed by atoms with E-state index in [0.717, 1.165) is 0 Å². The van der Waals surface area contributed by atoms with Gasteiger partial charge in [0.2, 0.25) is 0 Å². The molecule has 0 radical (unpaired) electrons. The number of benzene rings is 2. The first-order valence-electron chi connectivity index (χ1n) is 7.81. The Morgan fingerprint density at radius 2 is 1.96 bits per heavy atom. The van der Waals surface area contributed by atoms with E-state index < -0.39 is 6.04 Å². The van der Waals surface area contributed by atoms with E-state index in [9.17, 15) is 10.1 Å². The second kappa shape index (κ2) is 7.16. The quantitative estimate of drug-likeness (QED) is 0.763. The van der Waals surface area contributed by atoms with Crippen LogP contribution in [-0.4, -0.2) is 31.1 Å². The lowest BCUT2D eigenvalue weighted by atomic mass is 10.1. The Balaban J connectivity index is 1.84. The van der Waals surface area contributed by atoms with Crippen molar-refractivity contribution in [2.45, 2.75) is 12.5 Å². The lowest BCUT2D eigenvalue weighted by Crippen LogP contribution is -2.29. The molecule has 2 aromatic carbocycles. The number of nitrogens with zero attached hydrogens (tertiary/aromatic N) is 2. The molecule has 0 bridgehead atoms. The monoisotopic (exact) mass is 322 g/mol. The van der Waals surface area contributed by atoms with Crippen LogP contribution in [0.2, 0.25) is 0 Å². The summed E-state index contributed by atoms with van der Waals surface area (Å²) in [5.74, 6) is 1.22. The lowest BCUT2D eigenvalue weighted by Gasteiger charge is -2.19. The largest absolute Gasteiger partial charge is 0.457 e. The number of hydrogen-bond acceptors (Lipinski definition) is 4. The van der Waals surface area contributed by atoms with Crippen molar-refractivity contribution in [2.24, 2.45) is 0 Å². The number of rotatable bonds is 6. The van der Waals surface area contributed by atoms with Crippen molar-refractivity contribution in [3.8, 4) is 17.6 Å². The van der Waals surface area contributed by atoms with Gasteiger partial charge >= 0.3 is 0 Å². The fourth-order valence-corrected chi connectivity index (χ4v) is 2.84. The van der Waals surface area contributed by atoms with E-state index in [1.807, 2.05) is 30.3 Å². The summed E-state index contributed by atoms with van der Waals surface area (Å²) >= 11 is 0. The second-order valence-electron chi connectivity index (χ2n) is 5.54. The van der Waals surface area contributed by atoms with Crippen LogP contribution in [0.5, 0.6) is 11.5 Å². The van der Waals surface area contributed by atoms with Gasteiger partial charge in [-0.25, -0.2) is 0 Å². The van der Waals surface area contributed by atoms with Gasteiger partial charge in [-0.2, -0.15) is 5.26 Å². The summed E-state index contributed by atoms with van der Waals surface area (Å²) in [6, 6.07) is 16.3. The molecule has 0 fully saturated rings. The Hall–Kier alpha value is -2.84. The van der Waals surface area contributed by atoms with Crippen molar-refractivity contribution < 1.29 is 14.3 Å². The van der Waals surface area contributed by atoms with Crippen LogP contribution in [0.25, 0.3) is 0 Å². The minimum Gasteiger partial charge on any atom is -0.457 e. The molecule has 0 spiro atoms. The van der Waals surface area contributed by atoms with Crippen molar-refractivity contribution in [1.82, 2.24) is 4.90 Å². The molecule has 1 heterocycles. The van der Waals surface area contributed by atoms with Crippen LogP contribution in [-0.2, 0) is 4.74 Å². The Morgan fingerprint density at radius 1 is 1.17 bits per heavy atom. The highest BCUT2D eigenvalue weighted by Gasteiger charge is 2.36. The number of ether oxygens (including phenoxy) is 2. The number of nitriles is 1. The molecule has 5 nitrogen and oxygen atoms in total. The summed E-state index contributed by atoms with van der Waals surface area (Å²) in [7, 11) is 1.62.